The van der Waals surface area contributed by atoms with Crippen molar-refractivity contribution in [3.8, 4) is 11.5 Å². The number of hydrogen-bond donors (Lipinski definition) is 1. The Hall–Kier alpha value is -3.38. The number of fused-ring (bicyclic) bond motifs is 1. The van der Waals surface area contributed by atoms with Gasteiger partial charge in [-0.25, -0.2) is 4.98 Å². The van der Waals surface area contributed by atoms with Crippen LogP contribution in [0.4, 0.5) is 0 Å². The summed E-state index contributed by atoms with van der Waals surface area (Å²) in [4.78, 5) is 18.3. The summed E-state index contributed by atoms with van der Waals surface area (Å²) in [5, 5.41) is 6.55. The second kappa shape index (κ2) is 10.5. The molecule has 0 atom stereocenters. The standard InChI is InChI=1S/C27H28N2O3S/c1-18-25(17-26(30)28-14-13-19-11-12-23(31-2)24(15-19)32-3)33-27(29-18)16-21-9-6-8-20-7-4-5-10-22(20)21/h4-12,15H,13-14,16-17H2,1-3H3,(H,28,30). The van der Waals surface area contributed by atoms with Crippen molar-refractivity contribution in [2.75, 3.05) is 20.8 Å². The van der Waals surface area contributed by atoms with Crippen molar-refractivity contribution in [2.24, 2.45) is 0 Å². The minimum atomic E-state index is 0.0129. The highest BCUT2D eigenvalue weighted by Crippen LogP contribution is 2.28. The molecule has 0 aliphatic heterocycles. The molecule has 0 saturated carbocycles. The van der Waals surface area contributed by atoms with E-state index in [1.807, 2.05) is 25.1 Å². The Bertz CT molecular complexity index is 1260. The SMILES string of the molecule is COc1ccc(CCNC(=O)Cc2sc(Cc3cccc4ccccc34)nc2C)cc1OC. The zero-order valence-corrected chi connectivity index (χ0v) is 20.0. The van der Waals surface area contributed by atoms with Gasteiger partial charge in [0.25, 0.3) is 0 Å². The fraction of sp³-hybridized carbons (Fsp3) is 0.259. The van der Waals surface area contributed by atoms with Crippen molar-refractivity contribution in [3.05, 3.63) is 87.4 Å². The molecular formula is C27H28N2O3S. The summed E-state index contributed by atoms with van der Waals surface area (Å²) in [7, 11) is 3.24. The van der Waals surface area contributed by atoms with Crippen LogP contribution in [0, 0.1) is 6.92 Å². The number of aryl methyl sites for hydroxylation is 1. The Kier molecular flexibility index (Phi) is 7.25. The molecule has 1 amide bonds. The Balaban J connectivity index is 1.34. The molecule has 6 heteroatoms. The molecule has 0 bridgehead atoms. The Morgan fingerprint density at radius 2 is 1.79 bits per heavy atom. The molecule has 4 rings (SSSR count). The predicted molar refractivity (Wildman–Crippen MR) is 134 cm³/mol. The number of aromatic nitrogens is 1. The van der Waals surface area contributed by atoms with Crippen LogP contribution in [0.3, 0.4) is 0 Å². The van der Waals surface area contributed by atoms with Crippen LogP contribution in [0.1, 0.15) is 26.7 Å². The molecule has 170 valence electrons. The molecule has 5 nitrogen and oxygen atoms in total. The lowest BCUT2D eigenvalue weighted by Gasteiger charge is -2.10. The first-order valence-corrected chi connectivity index (χ1v) is 11.8. The summed E-state index contributed by atoms with van der Waals surface area (Å²) in [5.74, 6) is 1.41. The van der Waals surface area contributed by atoms with E-state index in [9.17, 15) is 4.79 Å². The number of nitrogens with zero attached hydrogens (tertiary/aromatic N) is 1. The van der Waals surface area contributed by atoms with Gasteiger partial charge in [0.2, 0.25) is 5.91 Å². The molecule has 0 aliphatic carbocycles. The van der Waals surface area contributed by atoms with Gasteiger partial charge in [0.05, 0.1) is 31.3 Å². The zero-order chi connectivity index (χ0) is 23.2. The lowest BCUT2D eigenvalue weighted by Crippen LogP contribution is -2.27. The van der Waals surface area contributed by atoms with Gasteiger partial charge in [-0.05, 0) is 47.4 Å². The number of benzene rings is 3. The number of ether oxygens (including phenoxy) is 2. The molecule has 0 spiro atoms. The number of rotatable bonds is 9. The van der Waals surface area contributed by atoms with E-state index >= 15 is 0 Å². The Morgan fingerprint density at radius 3 is 2.61 bits per heavy atom. The van der Waals surface area contributed by atoms with E-state index < -0.39 is 0 Å². The van der Waals surface area contributed by atoms with Gasteiger partial charge in [-0.15, -0.1) is 11.3 Å². The molecule has 33 heavy (non-hydrogen) atoms. The molecular weight excluding hydrogens is 432 g/mol. The van der Waals surface area contributed by atoms with Gasteiger partial charge in [-0.2, -0.15) is 0 Å². The third kappa shape index (κ3) is 5.52. The Labute approximate surface area is 198 Å². The molecule has 1 aromatic heterocycles. The topological polar surface area (TPSA) is 60.5 Å². The molecule has 0 unspecified atom stereocenters. The zero-order valence-electron chi connectivity index (χ0n) is 19.2. The summed E-state index contributed by atoms with van der Waals surface area (Å²) in [5.41, 5.74) is 3.28. The average molecular weight is 461 g/mol. The van der Waals surface area contributed by atoms with E-state index in [2.05, 4.69) is 47.8 Å². The minimum absolute atomic E-state index is 0.0129. The Morgan fingerprint density at radius 1 is 1.00 bits per heavy atom. The fourth-order valence-corrected chi connectivity index (χ4v) is 5.02. The van der Waals surface area contributed by atoms with Crippen molar-refractivity contribution in [1.82, 2.24) is 10.3 Å². The highest BCUT2D eigenvalue weighted by molar-refractivity contribution is 7.11. The smallest absolute Gasteiger partial charge is 0.225 e. The molecule has 3 aromatic carbocycles. The highest BCUT2D eigenvalue weighted by Gasteiger charge is 2.13. The number of amides is 1. The summed E-state index contributed by atoms with van der Waals surface area (Å²) in [6, 6.07) is 20.6. The van der Waals surface area contributed by atoms with Crippen LogP contribution in [0.15, 0.2) is 60.7 Å². The minimum Gasteiger partial charge on any atom is -0.493 e. The van der Waals surface area contributed by atoms with Crippen LogP contribution >= 0.6 is 11.3 Å². The third-order valence-electron chi connectivity index (χ3n) is 5.66. The van der Waals surface area contributed by atoms with Crippen LogP contribution in [-0.2, 0) is 24.1 Å². The summed E-state index contributed by atoms with van der Waals surface area (Å²) >= 11 is 1.63. The number of methoxy groups -OCH3 is 2. The first-order valence-electron chi connectivity index (χ1n) is 11.0. The second-order valence-electron chi connectivity index (χ2n) is 7.90. The van der Waals surface area contributed by atoms with Crippen molar-refractivity contribution in [1.29, 1.82) is 0 Å². The lowest BCUT2D eigenvalue weighted by molar-refractivity contribution is -0.120. The normalized spacial score (nSPS) is 10.9. The van der Waals surface area contributed by atoms with Crippen LogP contribution in [0.2, 0.25) is 0 Å². The first kappa shape index (κ1) is 22.8. The lowest BCUT2D eigenvalue weighted by atomic mass is 10.0. The molecule has 0 saturated heterocycles. The van der Waals surface area contributed by atoms with Crippen molar-refractivity contribution in [2.45, 2.75) is 26.2 Å². The first-order chi connectivity index (χ1) is 16.1. The molecule has 4 aromatic rings. The van der Waals surface area contributed by atoms with E-state index in [0.29, 0.717) is 24.5 Å². The number of carbonyl (C=O) groups is 1. The van der Waals surface area contributed by atoms with E-state index in [0.717, 1.165) is 34.0 Å². The van der Waals surface area contributed by atoms with Gasteiger partial charge in [-0.3, -0.25) is 4.79 Å². The fourth-order valence-electron chi connectivity index (χ4n) is 3.93. The maximum atomic E-state index is 12.5. The van der Waals surface area contributed by atoms with Crippen LogP contribution in [0.5, 0.6) is 11.5 Å². The van der Waals surface area contributed by atoms with Crippen LogP contribution < -0.4 is 14.8 Å². The van der Waals surface area contributed by atoms with Gasteiger partial charge in [0.1, 0.15) is 0 Å². The number of nitrogens with one attached hydrogen (secondary N) is 1. The number of hydrogen-bond acceptors (Lipinski definition) is 5. The summed E-state index contributed by atoms with van der Waals surface area (Å²) in [6.45, 7) is 2.55. The summed E-state index contributed by atoms with van der Waals surface area (Å²) < 4.78 is 10.6. The molecule has 0 fully saturated rings. The maximum Gasteiger partial charge on any atom is 0.225 e. The largest absolute Gasteiger partial charge is 0.493 e. The van der Waals surface area contributed by atoms with Gasteiger partial charge >= 0.3 is 0 Å². The monoisotopic (exact) mass is 460 g/mol. The quantitative estimate of drug-likeness (QED) is 0.377. The number of thiazole rings is 1. The summed E-state index contributed by atoms with van der Waals surface area (Å²) in [6.07, 6.45) is 1.85. The van der Waals surface area contributed by atoms with Crippen molar-refractivity contribution < 1.29 is 14.3 Å². The predicted octanol–water partition coefficient (Wildman–Crippen LogP) is 5.11. The molecule has 0 aliphatic rings. The van der Waals surface area contributed by atoms with E-state index in [-0.39, 0.29) is 5.91 Å². The van der Waals surface area contributed by atoms with Gasteiger partial charge in [0, 0.05) is 17.8 Å². The molecule has 1 N–H and O–H groups in total. The van der Waals surface area contributed by atoms with Crippen molar-refractivity contribution >= 4 is 28.0 Å². The molecule has 1 heterocycles. The van der Waals surface area contributed by atoms with Crippen LogP contribution in [0.25, 0.3) is 10.8 Å². The molecule has 0 radical (unpaired) electrons. The average Bonchev–Trinajstić information content (AvgIpc) is 3.17. The van der Waals surface area contributed by atoms with Gasteiger partial charge in [-0.1, -0.05) is 48.5 Å². The van der Waals surface area contributed by atoms with Crippen molar-refractivity contribution in [3.63, 3.8) is 0 Å². The van der Waals surface area contributed by atoms with Crippen LogP contribution in [-0.4, -0.2) is 31.7 Å². The van der Waals surface area contributed by atoms with Gasteiger partial charge < -0.3 is 14.8 Å². The third-order valence-corrected chi connectivity index (χ3v) is 6.82. The second-order valence-corrected chi connectivity index (χ2v) is 9.07. The highest BCUT2D eigenvalue weighted by atomic mass is 32.1. The number of carbonyl (C=O) groups excluding carboxylic acids is 1. The van der Waals surface area contributed by atoms with E-state index in [4.69, 9.17) is 14.5 Å². The van der Waals surface area contributed by atoms with Gasteiger partial charge in [0.15, 0.2) is 11.5 Å². The van der Waals surface area contributed by atoms with E-state index in [1.54, 1.807) is 25.6 Å². The van der Waals surface area contributed by atoms with E-state index in [1.165, 1.54) is 16.3 Å². The maximum absolute atomic E-state index is 12.5.